The minimum absolute atomic E-state index is 0.0281. The van der Waals surface area contributed by atoms with Crippen molar-refractivity contribution in [3.05, 3.63) is 29.8 Å². The zero-order chi connectivity index (χ0) is 10.8. The average Bonchev–Trinajstić information content (AvgIpc) is 2.65. The Morgan fingerprint density at radius 2 is 2.27 bits per heavy atom. The molecule has 0 spiro atoms. The summed E-state index contributed by atoms with van der Waals surface area (Å²) in [6.45, 7) is 1.63. The van der Waals surface area contributed by atoms with Gasteiger partial charge < -0.3 is 4.52 Å². The molecule has 0 bridgehead atoms. The van der Waals surface area contributed by atoms with E-state index in [1.165, 1.54) is 6.20 Å². The molecule has 0 N–H and O–H groups in total. The van der Waals surface area contributed by atoms with Gasteiger partial charge in [0.05, 0.1) is 11.8 Å². The van der Waals surface area contributed by atoms with Gasteiger partial charge in [0.15, 0.2) is 11.5 Å². The maximum absolute atomic E-state index is 13.6. The van der Waals surface area contributed by atoms with Crippen molar-refractivity contribution in [2.24, 2.45) is 0 Å². The lowest BCUT2D eigenvalue weighted by Gasteiger charge is -1.99. The van der Waals surface area contributed by atoms with Crippen LogP contribution in [0.2, 0.25) is 0 Å². The predicted octanol–water partition coefficient (Wildman–Crippen LogP) is 1.45. The normalized spacial score (nSPS) is 9.93. The Labute approximate surface area is 84.2 Å². The number of nitriles is 1. The summed E-state index contributed by atoms with van der Waals surface area (Å²) < 4.78 is 18.4. The van der Waals surface area contributed by atoms with Gasteiger partial charge in [0.2, 0.25) is 0 Å². The second-order valence-corrected chi connectivity index (χ2v) is 2.79. The second kappa shape index (κ2) is 3.46. The Kier molecular flexibility index (Phi) is 2.14. The van der Waals surface area contributed by atoms with Crippen LogP contribution in [0.1, 0.15) is 11.5 Å². The van der Waals surface area contributed by atoms with Gasteiger partial charge in [0.25, 0.3) is 0 Å². The summed E-state index contributed by atoms with van der Waals surface area (Å²) in [5, 5.41) is 12.1. The number of hydrogen-bond acceptors (Lipinski definition) is 5. The van der Waals surface area contributed by atoms with Crippen molar-refractivity contribution in [3.8, 4) is 17.3 Å². The number of hydrogen-bond donors (Lipinski definition) is 0. The van der Waals surface area contributed by atoms with E-state index in [4.69, 9.17) is 9.78 Å². The van der Waals surface area contributed by atoms with Crippen molar-refractivity contribution >= 4 is 0 Å². The molecule has 74 valence electrons. The molecule has 2 heterocycles. The van der Waals surface area contributed by atoms with Crippen LogP contribution in [0, 0.1) is 24.1 Å². The molecule has 0 atom stereocenters. The maximum Gasteiger partial charge on any atom is 0.186 e. The average molecular weight is 204 g/mol. The van der Waals surface area contributed by atoms with Gasteiger partial charge in [-0.05, 0) is 6.92 Å². The Hall–Kier alpha value is -2.29. The van der Waals surface area contributed by atoms with Crippen LogP contribution in [-0.4, -0.2) is 15.1 Å². The van der Waals surface area contributed by atoms with E-state index in [1.807, 2.05) is 0 Å². The Morgan fingerprint density at radius 3 is 2.87 bits per heavy atom. The van der Waals surface area contributed by atoms with Crippen molar-refractivity contribution < 1.29 is 8.91 Å². The topological polar surface area (TPSA) is 75.6 Å². The van der Waals surface area contributed by atoms with Crippen LogP contribution in [0.3, 0.4) is 0 Å². The van der Waals surface area contributed by atoms with E-state index < -0.39 is 5.82 Å². The molecular formula is C9H5FN4O. The molecular weight excluding hydrogens is 199 g/mol. The number of rotatable bonds is 1. The van der Waals surface area contributed by atoms with Gasteiger partial charge >= 0.3 is 0 Å². The van der Waals surface area contributed by atoms with Crippen molar-refractivity contribution in [1.82, 2.24) is 15.1 Å². The SMILES string of the molecule is Cc1oncc1-c1ncnc(C#N)c1F. The van der Waals surface area contributed by atoms with Crippen LogP contribution in [0.25, 0.3) is 11.3 Å². The van der Waals surface area contributed by atoms with E-state index >= 15 is 0 Å². The highest BCUT2D eigenvalue weighted by molar-refractivity contribution is 5.61. The van der Waals surface area contributed by atoms with Gasteiger partial charge in [-0.1, -0.05) is 5.16 Å². The highest BCUT2D eigenvalue weighted by atomic mass is 19.1. The molecule has 2 aromatic heterocycles. The van der Waals surface area contributed by atoms with Gasteiger partial charge in [0.1, 0.15) is 23.9 Å². The van der Waals surface area contributed by atoms with Crippen LogP contribution in [0.5, 0.6) is 0 Å². The third-order valence-corrected chi connectivity index (χ3v) is 1.90. The molecule has 0 aromatic carbocycles. The standard InChI is InChI=1S/C9H5FN4O/c1-5-6(3-14-15-5)9-8(10)7(2-11)12-4-13-9/h3-4H,1H3. The quantitative estimate of drug-likeness (QED) is 0.702. The highest BCUT2D eigenvalue weighted by Crippen LogP contribution is 2.23. The zero-order valence-corrected chi connectivity index (χ0v) is 7.73. The van der Waals surface area contributed by atoms with Crippen LogP contribution >= 0.6 is 0 Å². The summed E-state index contributed by atoms with van der Waals surface area (Å²) in [5.74, 6) is -0.317. The van der Waals surface area contributed by atoms with Crippen LogP contribution in [0.15, 0.2) is 17.0 Å². The Morgan fingerprint density at radius 1 is 1.47 bits per heavy atom. The van der Waals surface area contributed by atoms with Gasteiger partial charge in [-0.25, -0.2) is 14.4 Å². The summed E-state index contributed by atoms with van der Waals surface area (Å²) in [4.78, 5) is 7.25. The van der Waals surface area contributed by atoms with Gasteiger partial charge in [-0.2, -0.15) is 5.26 Å². The zero-order valence-electron chi connectivity index (χ0n) is 7.73. The first kappa shape index (κ1) is 9.27. The van der Waals surface area contributed by atoms with E-state index in [-0.39, 0.29) is 11.4 Å². The Balaban J connectivity index is 2.65. The summed E-state index contributed by atoms with van der Waals surface area (Å²) in [7, 11) is 0. The lowest BCUT2D eigenvalue weighted by molar-refractivity contribution is 0.398. The van der Waals surface area contributed by atoms with Crippen molar-refractivity contribution in [1.29, 1.82) is 5.26 Å². The largest absolute Gasteiger partial charge is 0.361 e. The molecule has 0 amide bonds. The smallest absolute Gasteiger partial charge is 0.186 e. The number of aryl methyl sites for hydroxylation is 1. The van der Waals surface area contributed by atoms with Crippen LogP contribution in [-0.2, 0) is 0 Å². The lowest BCUT2D eigenvalue weighted by atomic mass is 10.1. The molecule has 0 fully saturated rings. The molecule has 0 aliphatic rings. The predicted molar refractivity (Wildman–Crippen MR) is 46.9 cm³/mol. The Bertz CT molecular complexity index is 543. The molecule has 5 nitrogen and oxygen atoms in total. The van der Waals surface area contributed by atoms with E-state index in [9.17, 15) is 4.39 Å². The molecule has 0 saturated heterocycles. The van der Waals surface area contributed by atoms with E-state index in [2.05, 4.69) is 15.1 Å². The molecule has 0 radical (unpaired) electrons. The number of nitrogens with zero attached hydrogens (tertiary/aromatic N) is 4. The monoisotopic (exact) mass is 204 g/mol. The molecule has 0 saturated carbocycles. The lowest BCUT2D eigenvalue weighted by Crippen LogP contribution is -1.96. The van der Waals surface area contributed by atoms with Gasteiger partial charge in [-0.3, -0.25) is 0 Å². The summed E-state index contributed by atoms with van der Waals surface area (Å²) in [6, 6.07) is 1.64. The number of halogens is 1. The van der Waals surface area contributed by atoms with Crippen LogP contribution in [0.4, 0.5) is 4.39 Å². The summed E-state index contributed by atoms with van der Waals surface area (Å²) >= 11 is 0. The molecule has 2 aromatic rings. The third kappa shape index (κ3) is 1.44. The molecule has 2 rings (SSSR count). The molecule has 0 aliphatic carbocycles. The van der Waals surface area contributed by atoms with Crippen molar-refractivity contribution in [2.45, 2.75) is 6.92 Å². The fourth-order valence-corrected chi connectivity index (χ4v) is 1.16. The van der Waals surface area contributed by atoms with E-state index in [1.54, 1.807) is 13.0 Å². The molecule has 0 unspecified atom stereocenters. The second-order valence-electron chi connectivity index (χ2n) is 2.79. The fourth-order valence-electron chi connectivity index (χ4n) is 1.16. The highest BCUT2D eigenvalue weighted by Gasteiger charge is 2.16. The first-order valence-electron chi connectivity index (χ1n) is 4.06. The fraction of sp³-hybridized carbons (Fsp3) is 0.111. The van der Waals surface area contributed by atoms with Crippen molar-refractivity contribution in [2.75, 3.05) is 0 Å². The molecule has 0 aliphatic heterocycles. The first-order chi connectivity index (χ1) is 7.24. The van der Waals surface area contributed by atoms with Crippen molar-refractivity contribution in [3.63, 3.8) is 0 Å². The molecule has 6 heteroatoms. The van der Waals surface area contributed by atoms with Gasteiger partial charge in [0, 0.05) is 0 Å². The van der Waals surface area contributed by atoms with Gasteiger partial charge in [-0.15, -0.1) is 0 Å². The minimum atomic E-state index is -0.758. The van der Waals surface area contributed by atoms with Crippen LogP contribution < -0.4 is 0 Å². The minimum Gasteiger partial charge on any atom is -0.361 e. The number of aromatic nitrogens is 3. The summed E-state index contributed by atoms with van der Waals surface area (Å²) in [6.07, 6.45) is 2.48. The third-order valence-electron chi connectivity index (χ3n) is 1.90. The first-order valence-corrected chi connectivity index (χ1v) is 4.06. The van der Waals surface area contributed by atoms with E-state index in [0.29, 0.717) is 11.3 Å². The maximum atomic E-state index is 13.6. The van der Waals surface area contributed by atoms with E-state index in [0.717, 1.165) is 6.33 Å². The molecule has 15 heavy (non-hydrogen) atoms. The summed E-state index contributed by atoms with van der Waals surface area (Å²) in [5.41, 5.74) is 0.160.